The molecule has 0 radical (unpaired) electrons. The van der Waals surface area contributed by atoms with Crippen LogP contribution in [0.3, 0.4) is 0 Å². The van der Waals surface area contributed by atoms with Gasteiger partial charge in [0.05, 0.1) is 13.2 Å². The summed E-state index contributed by atoms with van der Waals surface area (Å²) in [5.41, 5.74) is 3.28. The molecule has 0 unspecified atom stereocenters. The Kier molecular flexibility index (Phi) is 11.9. The number of anilines is 1. The fourth-order valence-corrected chi connectivity index (χ4v) is 4.20. The second-order valence-electron chi connectivity index (χ2n) is 7.68. The van der Waals surface area contributed by atoms with Gasteiger partial charge in [-0.15, -0.1) is 0 Å². The molecule has 0 saturated heterocycles. The second-order valence-corrected chi connectivity index (χ2v) is 8.75. The lowest BCUT2D eigenvalue weighted by molar-refractivity contribution is -0.697. The minimum Gasteiger partial charge on any atom is -0.395 e. The SMILES string of the molecule is C/N=C(\SCCCC[n+]1ccc(/C=C/c2ccc(N(CCO)CCO)cc2)cc1)N(C)C. The van der Waals surface area contributed by atoms with Crippen LogP contribution in [0.2, 0.25) is 0 Å². The van der Waals surface area contributed by atoms with Crippen LogP contribution in [0.15, 0.2) is 53.8 Å². The van der Waals surface area contributed by atoms with Crippen LogP contribution in [0.1, 0.15) is 24.0 Å². The maximum atomic E-state index is 9.19. The number of amidine groups is 1. The van der Waals surface area contributed by atoms with Crippen LogP contribution in [-0.4, -0.2) is 73.5 Å². The second kappa shape index (κ2) is 14.7. The molecule has 174 valence electrons. The van der Waals surface area contributed by atoms with Crippen LogP contribution in [0.5, 0.6) is 0 Å². The Bertz CT molecular complexity index is 830. The van der Waals surface area contributed by atoms with E-state index in [1.165, 1.54) is 0 Å². The number of aryl methyl sites for hydroxylation is 1. The Morgan fingerprint density at radius 3 is 2.06 bits per heavy atom. The third kappa shape index (κ3) is 9.02. The number of unbranched alkanes of at least 4 members (excludes halogenated alkanes) is 1. The summed E-state index contributed by atoms with van der Waals surface area (Å²) in [6, 6.07) is 12.4. The third-order valence-electron chi connectivity index (χ3n) is 5.00. The number of hydrogen-bond acceptors (Lipinski definition) is 5. The number of pyridine rings is 1. The summed E-state index contributed by atoms with van der Waals surface area (Å²) in [6.07, 6.45) is 10.8. The van der Waals surface area contributed by atoms with Crippen LogP contribution >= 0.6 is 11.8 Å². The molecule has 0 aliphatic carbocycles. The topological polar surface area (TPSA) is 63.2 Å². The molecule has 2 rings (SSSR count). The molecule has 2 N–H and O–H groups in total. The highest BCUT2D eigenvalue weighted by atomic mass is 32.2. The van der Waals surface area contributed by atoms with E-state index in [0.29, 0.717) is 13.1 Å². The maximum Gasteiger partial charge on any atom is 0.169 e. The molecule has 1 aromatic carbocycles. The number of aliphatic hydroxyl groups is 2. The molecule has 0 saturated carbocycles. The van der Waals surface area contributed by atoms with Crippen molar-refractivity contribution in [3.05, 3.63) is 59.9 Å². The predicted molar refractivity (Wildman–Crippen MR) is 137 cm³/mol. The van der Waals surface area contributed by atoms with Gasteiger partial charge >= 0.3 is 0 Å². The number of aromatic nitrogens is 1. The molecule has 0 spiro atoms. The van der Waals surface area contributed by atoms with Crippen molar-refractivity contribution in [2.24, 2.45) is 4.99 Å². The first-order valence-electron chi connectivity index (χ1n) is 11.1. The standard InChI is InChI=1S/C25H37N4O2S/c1-26-25(27(2)3)32-21-5-4-14-28-15-12-23(13-16-28)7-6-22-8-10-24(11-9-22)29(17-19-30)18-20-31/h6-13,15-16,30-31H,4-5,14,17-21H2,1-3H3/q+1/b26-25-. The highest BCUT2D eigenvalue weighted by Gasteiger charge is 2.05. The highest BCUT2D eigenvalue weighted by Crippen LogP contribution is 2.16. The van der Waals surface area contributed by atoms with Gasteiger partial charge in [0.1, 0.15) is 6.54 Å². The minimum atomic E-state index is 0.0691. The molecule has 0 fully saturated rings. The van der Waals surface area contributed by atoms with E-state index in [4.69, 9.17) is 0 Å². The third-order valence-corrected chi connectivity index (χ3v) is 6.30. The molecule has 2 aromatic rings. The van der Waals surface area contributed by atoms with Crippen molar-refractivity contribution in [2.45, 2.75) is 19.4 Å². The zero-order chi connectivity index (χ0) is 23.2. The van der Waals surface area contributed by atoms with Crippen LogP contribution in [0.4, 0.5) is 5.69 Å². The number of benzene rings is 1. The first-order valence-corrected chi connectivity index (χ1v) is 12.1. The molecular weight excluding hydrogens is 420 g/mol. The molecule has 0 bridgehead atoms. The van der Waals surface area contributed by atoms with Crippen molar-refractivity contribution in [1.82, 2.24) is 4.90 Å². The van der Waals surface area contributed by atoms with E-state index in [2.05, 4.69) is 63.3 Å². The largest absolute Gasteiger partial charge is 0.395 e. The number of aliphatic hydroxyl groups excluding tert-OH is 2. The van der Waals surface area contributed by atoms with E-state index in [1.807, 2.05) is 49.9 Å². The normalized spacial score (nSPS) is 11.8. The molecule has 0 aliphatic heterocycles. The number of nitrogens with zero attached hydrogens (tertiary/aromatic N) is 4. The molecule has 7 heteroatoms. The first kappa shape index (κ1) is 25.9. The fourth-order valence-electron chi connectivity index (χ4n) is 3.28. The van der Waals surface area contributed by atoms with Gasteiger partial charge in [0.15, 0.2) is 17.6 Å². The quantitative estimate of drug-likeness (QED) is 0.222. The zero-order valence-electron chi connectivity index (χ0n) is 19.5. The first-order chi connectivity index (χ1) is 15.6. The average molecular weight is 458 g/mol. The summed E-state index contributed by atoms with van der Waals surface area (Å²) in [4.78, 5) is 8.32. The van der Waals surface area contributed by atoms with Gasteiger partial charge in [0.2, 0.25) is 0 Å². The van der Waals surface area contributed by atoms with Gasteiger partial charge in [-0.1, -0.05) is 36.0 Å². The smallest absolute Gasteiger partial charge is 0.169 e. The molecule has 1 aromatic heterocycles. The number of hydrogen-bond donors (Lipinski definition) is 2. The van der Waals surface area contributed by atoms with Crippen molar-refractivity contribution in [3.63, 3.8) is 0 Å². The Labute approximate surface area is 196 Å². The summed E-state index contributed by atoms with van der Waals surface area (Å²) < 4.78 is 2.23. The summed E-state index contributed by atoms with van der Waals surface area (Å²) in [5.74, 6) is 1.09. The van der Waals surface area contributed by atoms with Gasteiger partial charge in [-0.05, 0) is 29.7 Å². The Morgan fingerprint density at radius 2 is 1.53 bits per heavy atom. The van der Waals surface area contributed by atoms with Gasteiger partial charge in [-0.25, -0.2) is 4.57 Å². The Balaban J connectivity index is 1.80. The lowest BCUT2D eigenvalue weighted by Gasteiger charge is -2.22. The monoisotopic (exact) mass is 457 g/mol. The summed E-state index contributed by atoms with van der Waals surface area (Å²) in [5, 5.41) is 19.4. The minimum absolute atomic E-state index is 0.0691. The zero-order valence-corrected chi connectivity index (χ0v) is 20.3. The van der Waals surface area contributed by atoms with E-state index in [9.17, 15) is 10.2 Å². The van der Waals surface area contributed by atoms with Crippen LogP contribution in [-0.2, 0) is 6.54 Å². The van der Waals surface area contributed by atoms with Crippen molar-refractivity contribution in [1.29, 1.82) is 0 Å². The van der Waals surface area contributed by atoms with E-state index in [1.54, 1.807) is 0 Å². The van der Waals surface area contributed by atoms with Crippen molar-refractivity contribution in [3.8, 4) is 0 Å². The van der Waals surface area contributed by atoms with E-state index in [-0.39, 0.29) is 13.2 Å². The van der Waals surface area contributed by atoms with E-state index >= 15 is 0 Å². The predicted octanol–water partition coefficient (Wildman–Crippen LogP) is 3.00. The molecule has 32 heavy (non-hydrogen) atoms. The van der Waals surface area contributed by atoms with Gasteiger partial charge in [0, 0.05) is 64.2 Å². The van der Waals surface area contributed by atoms with Gasteiger partial charge in [-0.2, -0.15) is 0 Å². The van der Waals surface area contributed by atoms with Crippen molar-refractivity contribution < 1.29 is 14.8 Å². The summed E-state index contributed by atoms with van der Waals surface area (Å²) in [6.45, 7) is 2.19. The van der Waals surface area contributed by atoms with E-state index in [0.717, 1.165) is 47.1 Å². The van der Waals surface area contributed by atoms with Crippen LogP contribution in [0.25, 0.3) is 12.2 Å². The maximum absolute atomic E-state index is 9.19. The van der Waals surface area contributed by atoms with E-state index < -0.39 is 0 Å². The molecule has 0 aliphatic rings. The lowest BCUT2D eigenvalue weighted by atomic mass is 10.1. The molecule has 0 amide bonds. The van der Waals surface area contributed by atoms with Gasteiger partial charge in [0.25, 0.3) is 0 Å². The van der Waals surface area contributed by atoms with Gasteiger partial charge < -0.3 is 20.0 Å². The number of rotatable bonds is 12. The Hall–Kier alpha value is -2.35. The molecule has 1 heterocycles. The highest BCUT2D eigenvalue weighted by molar-refractivity contribution is 8.13. The molecule has 0 atom stereocenters. The number of thioether (sulfide) groups is 1. The van der Waals surface area contributed by atoms with Crippen LogP contribution in [0, 0.1) is 0 Å². The molecular formula is C25H37N4O2S+. The Morgan fingerprint density at radius 1 is 0.938 bits per heavy atom. The summed E-state index contributed by atoms with van der Waals surface area (Å²) >= 11 is 1.81. The fraction of sp³-hybridized carbons (Fsp3) is 0.440. The van der Waals surface area contributed by atoms with Crippen molar-refractivity contribution >= 4 is 34.8 Å². The van der Waals surface area contributed by atoms with Gasteiger partial charge in [-0.3, -0.25) is 4.99 Å². The average Bonchev–Trinajstić information content (AvgIpc) is 2.81. The number of aliphatic imine (C=N–C) groups is 1. The van der Waals surface area contributed by atoms with Crippen LogP contribution < -0.4 is 9.47 Å². The lowest BCUT2D eigenvalue weighted by Crippen LogP contribution is -2.32. The summed E-state index contributed by atoms with van der Waals surface area (Å²) in [7, 11) is 5.90. The van der Waals surface area contributed by atoms with Crippen molar-refractivity contribution in [2.75, 3.05) is 58.1 Å². The molecule has 6 nitrogen and oxygen atoms in total.